The summed E-state index contributed by atoms with van der Waals surface area (Å²) < 4.78 is 26.0. The Kier molecular flexibility index (Phi) is 5.71. The van der Waals surface area contributed by atoms with Crippen LogP contribution in [0.25, 0.3) is 0 Å². The zero-order valence-electron chi connectivity index (χ0n) is 14.6. The molecule has 1 fully saturated rings. The molecular weight excluding hydrogens is 334 g/mol. The van der Waals surface area contributed by atoms with Crippen molar-refractivity contribution in [1.29, 1.82) is 0 Å². The highest BCUT2D eigenvalue weighted by atomic mass is 32.2. The Morgan fingerprint density at radius 2 is 1.96 bits per heavy atom. The van der Waals surface area contributed by atoms with Crippen LogP contribution >= 0.6 is 0 Å². The monoisotopic (exact) mass is 359 g/mol. The molecule has 0 radical (unpaired) electrons. The minimum atomic E-state index is -3.44. The van der Waals surface area contributed by atoms with E-state index in [0.29, 0.717) is 6.04 Å². The molecule has 2 aromatic rings. The highest BCUT2D eigenvalue weighted by molar-refractivity contribution is 7.89. The number of benzene rings is 1. The molecule has 1 saturated heterocycles. The first kappa shape index (κ1) is 17.9. The van der Waals surface area contributed by atoms with Gasteiger partial charge in [0.25, 0.3) is 0 Å². The van der Waals surface area contributed by atoms with Crippen molar-refractivity contribution in [3.8, 4) is 0 Å². The number of pyridine rings is 1. The summed E-state index contributed by atoms with van der Waals surface area (Å²) in [6.45, 7) is 0.977. The van der Waals surface area contributed by atoms with Crippen molar-refractivity contribution in [2.75, 3.05) is 18.5 Å². The summed E-state index contributed by atoms with van der Waals surface area (Å²) in [4.78, 5) is 6.97. The van der Waals surface area contributed by atoms with E-state index in [-0.39, 0.29) is 4.90 Å². The summed E-state index contributed by atoms with van der Waals surface area (Å²) in [6.07, 6.45) is 7.13. The van der Waals surface area contributed by atoms with Crippen LogP contribution in [0, 0.1) is 0 Å². The van der Waals surface area contributed by atoms with Gasteiger partial charge in [-0.05, 0) is 56.8 Å². The van der Waals surface area contributed by atoms with Crippen molar-refractivity contribution in [2.45, 2.75) is 43.0 Å². The van der Waals surface area contributed by atoms with Crippen LogP contribution in [-0.4, -0.2) is 33.0 Å². The van der Waals surface area contributed by atoms with Crippen molar-refractivity contribution in [3.63, 3.8) is 0 Å². The Hall–Kier alpha value is -1.92. The van der Waals surface area contributed by atoms with Crippen LogP contribution in [0.2, 0.25) is 0 Å². The predicted molar refractivity (Wildman–Crippen MR) is 100 cm³/mol. The van der Waals surface area contributed by atoms with Gasteiger partial charge in [0.05, 0.1) is 0 Å². The Morgan fingerprint density at radius 3 is 2.64 bits per heavy atom. The lowest BCUT2D eigenvalue weighted by Gasteiger charge is -2.37. The maximum absolute atomic E-state index is 11.8. The lowest BCUT2D eigenvalue weighted by Crippen LogP contribution is -2.40. The molecule has 1 aliphatic rings. The first-order chi connectivity index (χ1) is 12.1. The Bertz CT molecular complexity index is 776. The topological polar surface area (TPSA) is 62.3 Å². The van der Waals surface area contributed by atoms with Gasteiger partial charge < -0.3 is 4.90 Å². The van der Waals surface area contributed by atoms with Gasteiger partial charge in [0.15, 0.2) is 0 Å². The van der Waals surface area contributed by atoms with Gasteiger partial charge in [-0.25, -0.2) is 18.1 Å². The SMILES string of the molecule is CNS(=O)(=O)c1ccc(N2CCCCC2CCc2ccccc2)nc1. The molecule has 6 heteroatoms. The Labute approximate surface area is 150 Å². The Morgan fingerprint density at radius 1 is 1.16 bits per heavy atom. The number of rotatable bonds is 6. The molecule has 1 aromatic heterocycles. The fourth-order valence-corrected chi connectivity index (χ4v) is 4.07. The van der Waals surface area contributed by atoms with Crippen molar-refractivity contribution >= 4 is 15.8 Å². The number of aromatic nitrogens is 1. The standard InChI is InChI=1S/C19H25N3O2S/c1-20-25(23,24)18-12-13-19(21-15-18)22-14-6-5-9-17(22)11-10-16-7-3-2-4-8-16/h2-4,7-8,12-13,15,17,20H,5-6,9-11,14H2,1H3. The normalized spacial score (nSPS) is 18.3. The van der Waals surface area contributed by atoms with E-state index in [9.17, 15) is 8.42 Å². The number of aryl methyl sites for hydroxylation is 1. The Balaban J connectivity index is 1.72. The van der Waals surface area contributed by atoms with Crippen molar-refractivity contribution < 1.29 is 8.42 Å². The molecule has 0 aliphatic carbocycles. The first-order valence-electron chi connectivity index (χ1n) is 8.80. The molecule has 5 nitrogen and oxygen atoms in total. The van der Waals surface area contributed by atoms with Crippen molar-refractivity contribution in [2.24, 2.45) is 0 Å². The number of nitrogens with zero attached hydrogens (tertiary/aromatic N) is 2. The third-order valence-electron chi connectivity index (χ3n) is 4.83. The maximum Gasteiger partial charge on any atom is 0.241 e. The van der Waals surface area contributed by atoms with E-state index in [4.69, 9.17) is 0 Å². The van der Waals surface area contributed by atoms with Crippen LogP contribution in [-0.2, 0) is 16.4 Å². The van der Waals surface area contributed by atoms with Crippen LogP contribution in [0.15, 0.2) is 53.6 Å². The second-order valence-electron chi connectivity index (χ2n) is 6.43. The molecule has 1 unspecified atom stereocenters. The lowest BCUT2D eigenvalue weighted by molar-refractivity contribution is 0.435. The van der Waals surface area contributed by atoms with Crippen LogP contribution in [0.1, 0.15) is 31.2 Å². The summed E-state index contributed by atoms with van der Waals surface area (Å²) in [7, 11) is -2.03. The molecule has 0 saturated carbocycles. The van der Waals surface area contributed by atoms with E-state index in [1.54, 1.807) is 6.07 Å². The molecule has 0 spiro atoms. The largest absolute Gasteiger partial charge is 0.354 e. The third kappa shape index (κ3) is 4.38. The van der Waals surface area contributed by atoms with E-state index in [0.717, 1.165) is 38.0 Å². The summed E-state index contributed by atoms with van der Waals surface area (Å²) in [5.41, 5.74) is 1.36. The highest BCUT2D eigenvalue weighted by Crippen LogP contribution is 2.26. The number of piperidine rings is 1. The molecular formula is C19H25N3O2S. The molecule has 0 amide bonds. The average molecular weight is 359 g/mol. The van der Waals surface area contributed by atoms with E-state index in [1.165, 1.54) is 25.2 Å². The van der Waals surface area contributed by atoms with Crippen LogP contribution in [0.4, 0.5) is 5.82 Å². The zero-order chi connectivity index (χ0) is 17.7. The fourth-order valence-electron chi connectivity index (χ4n) is 3.40. The number of anilines is 1. The van der Waals surface area contributed by atoms with Crippen molar-refractivity contribution in [1.82, 2.24) is 9.71 Å². The summed E-state index contributed by atoms with van der Waals surface area (Å²) in [5, 5.41) is 0. The molecule has 134 valence electrons. The van der Waals surface area contributed by atoms with E-state index in [2.05, 4.69) is 38.9 Å². The van der Waals surface area contributed by atoms with Crippen molar-refractivity contribution in [3.05, 3.63) is 54.2 Å². The van der Waals surface area contributed by atoms with Gasteiger partial charge in [-0.15, -0.1) is 0 Å². The number of hydrogen-bond acceptors (Lipinski definition) is 4. The zero-order valence-corrected chi connectivity index (χ0v) is 15.4. The number of nitrogens with one attached hydrogen (secondary N) is 1. The van der Waals surface area contributed by atoms with Gasteiger partial charge in [0.2, 0.25) is 10.0 Å². The maximum atomic E-state index is 11.8. The van der Waals surface area contributed by atoms with Gasteiger partial charge in [-0.3, -0.25) is 0 Å². The molecule has 1 aromatic carbocycles. The minimum Gasteiger partial charge on any atom is -0.354 e. The second-order valence-corrected chi connectivity index (χ2v) is 8.31. The van der Waals surface area contributed by atoms with Gasteiger partial charge in [0, 0.05) is 18.8 Å². The number of hydrogen-bond donors (Lipinski definition) is 1. The fraction of sp³-hybridized carbons (Fsp3) is 0.421. The summed E-state index contributed by atoms with van der Waals surface area (Å²) in [5.74, 6) is 0.868. The van der Waals surface area contributed by atoms with Crippen LogP contribution in [0.3, 0.4) is 0 Å². The number of sulfonamides is 1. The summed E-state index contributed by atoms with van der Waals surface area (Å²) >= 11 is 0. The molecule has 0 bridgehead atoms. The van der Waals surface area contributed by atoms with E-state index >= 15 is 0 Å². The van der Waals surface area contributed by atoms with Gasteiger partial charge in [-0.1, -0.05) is 30.3 Å². The van der Waals surface area contributed by atoms with E-state index in [1.807, 2.05) is 12.1 Å². The molecule has 2 heterocycles. The first-order valence-corrected chi connectivity index (χ1v) is 10.3. The smallest absolute Gasteiger partial charge is 0.241 e. The van der Waals surface area contributed by atoms with Gasteiger partial charge >= 0.3 is 0 Å². The quantitative estimate of drug-likeness (QED) is 0.861. The van der Waals surface area contributed by atoms with E-state index < -0.39 is 10.0 Å². The lowest BCUT2D eigenvalue weighted by atomic mass is 9.96. The van der Waals surface area contributed by atoms with Crippen LogP contribution < -0.4 is 9.62 Å². The third-order valence-corrected chi connectivity index (χ3v) is 6.23. The minimum absolute atomic E-state index is 0.205. The molecule has 1 aliphatic heterocycles. The second kappa shape index (κ2) is 7.97. The molecule has 1 N–H and O–H groups in total. The molecule has 3 rings (SSSR count). The predicted octanol–water partition coefficient (Wildman–Crippen LogP) is 2.98. The molecule has 1 atom stereocenters. The summed E-state index contributed by atoms with van der Waals surface area (Å²) in [6, 6.07) is 14.5. The van der Waals surface area contributed by atoms with Gasteiger partial charge in [0.1, 0.15) is 10.7 Å². The van der Waals surface area contributed by atoms with Crippen LogP contribution in [0.5, 0.6) is 0 Å². The highest BCUT2D eigenvalue weighted by Gasteiger charge is 2.24. The average Bonchev–Trinajstić information content (AvgIpc) is 2.67. The molecule has 25 heavy (non-hydrogen) atoms. The van der Waals surface area contributed by atoms with Gasteiger partial charge in [-0.2, -0.15) is 0 Å².